The zero-order chi connectivity index (χ0) is 20.1. The first kappa shape index (κ1) is 20.0. The third-order valence-corrected chi connectivity index (χ3v) is 4.80. The van der Waals surface area contributed by atoms with Crippen LogP contribution in [0.1, 0.15) is 53.2 Å². The molecule has 1 aliphatic rings. The van der Waals surface area contributed by atoms with E-state index >= 15 is 0 Å². The number of carboxylic acids is 1. The van der Waals surface area contributed by atoms with E-state index < -0.39 is 5.97 Å². The SMILES string of the molecule is C.CC1(C)Cc2cnc(N)nc2-c2n[nH]c(C(=O)Nc3ccc(C(=O)O)cc3)c21. The molecule has 1 aromatic carbocycles. The van der Waals surface area contributed by atoms with Gasteiger partial charge in [0, 0.05) is 17.4 Å². The van der Waals surface area contributed by atoms with E-state index in [1.807, 2.05) is 13.8 Å². The standard InChI is InChI=1S/C19H18N6O3.CH4/c1-19(2)7-10-8-21-18(20)23-13(10)14-12(19)15(25-24-14)16(26)22-11-5-3-9(4-6-11)17(27)28;/h3-6,8H,7H2,1-2H3,(H,22,26)(H,24,25)(H,27,28)(H2,20,21,23);1H4. The number of nitrogens with two attached hydrogens (primary N) is 1. The highest BCUT2D eigenvalue weighted by molar-refractivity contribution is 6.05. The van der Waals surface area contributed by atoms with Crippen molar-refractivity contribution in [3.8, 4) is 11.4 Å². The van der Waals surface area contributed by atoms with Crippen molar-refractivity contribution in [3.63, 3.8) is 0 Å². The second-order valence-electron chi connectivity index (χ2n) is 7.32. The Bertz CT molecular complexity index is 1100. The Morgan fingerprint density at radius 1 is 1.21 bits per heavy atom. The maximum absolute atomic E-state index is 12.9. The van der Waals surface area contributed by atoms with E-state index in [0.29, 0.717) is 29.2 Å². The van der Waals surface area contributed by atoms with Crippen LogP contribution in [0.5, 0.6) is 0 Å². The largest absolute Gasteiger partial charge is 0.478 e. The monoisotopic (exact) mass is 394 g/mol. The minimum absolute atomic E-state index is 0. The molecule has 0 atom stereocenters. The van der Waals surface area contributed by atoms with Crippen LogP contribution in [0, 0.1) is 0 Å². The van der Waals surface area contributed by atoms with Crippen LogP contribution in [-0.4, -0.2) is 37.1 Å². The fraction of sp³-hybridized carbons (Fsp3) is 0.250. The number of fused-ring (bicyclic) bond motifs is 3. The summed E-state index contributed by atoms with van der Waals surface area (Å²) in [6.45, 7) is 4.05. The Labute approximate surface area is 167 Å². The summed E-state index contributed by atoms with van der Waals surface area (Å²) in [4.78, 5) is 32.2. The predicted molar refractivity (Wildman–Crippen MR) is 109 cm³/mol. The molecular weight excluding hydrogens is 372 g/mol. The van der Waals surface area contributed by atoms with Gasteiger partial charge in [-0.3, -0.25) is 9.89 Å². The first-order valence-corrected chi connectivity index (χ1v) is 8.61. The van der Waals surface area contributed by atoms with E-state index in [1.165, 1.54) is 12.1 Å². The number of carbonyl (C=O) groups is 2. The number of hydrogen-bond acceptors (Lipinski definition) is 6. The highest BCUT2D eigenvalue weighted by Crippen LogP contribution is 2.42. The molecule has 3 aromatic rings. The molecule has 1 aliphatic carbocycles. The summed E-state index contributed by atoms with van der Waals surface area (Å²) in [7, 11) is 0. The number of rotatable bonds is 3. The number of nitrogens with zero attached hydrogens (tertiary/aromatic N) is 3. The van der Waals surface area contributed by atoms with Crippen LogP contribution in [0.2, 0.25) is 0 Å². The van der Waals surface area contributed by atoms with E-state index in [1.54, 1.807) is 18.3 Å². The summed E-state index contributed by atoms with van der Waals surface area (Å²) < 4.78 is 0. The third kappa shape index (κ3) is 3.42. The molecule has 9 nitrogen and oxygen atoms in total. The number of nitrogen functional groups attached to an aromatic ring is 1. The second kappa shape index (κ2) is 7.01. The number of carboxylic acid groups (broad SMARTS) is 1. The number of benzene rings is 1. The predicted octanol–water partition coefficient (Wildman–Crippen LogP) is 2.87. The summed E-state index contributed by atoms with van der Waals surface area (Å²) in [5.41, 5.74) is 9.23. The van der Waals surface area contributed by atoms with Crippen LogP contribution in [0.15, 0.2) is 30.5 Å². The molecule has 1 amide bonds. The van der Waals surface area contributed by atoms with Crippen LogP contribution in [0.25, 0.3) is 11.4 Å². The first-order chi connectivity index (χ1) is 13.3. The molecular formula is C20H22N6O3. The van der Waals surface area contributed by atoms with Gasteiger partial charge in [0.25, 0.3) is 5.91 Å². The fourth-order valence-electron chi connectivity index (χ4n) is 3.55. The van der Waals surface area contributed by atoms with Crippen molar-refractivity contribution in [2.24, 2.45) is 0 Å². The molecule has 29 heavy (non-hydrogen) atoms. The average Bonchev–Trinajstić information content (AvgIpc) is 3.09. The average molecular weight is 394 g/mol. The highest BCUT2D eigenvalue weighted by Gasteiger charge is 2.38. The zero-order valence-corrected chi connectivity index (χ0v) is 15.3. The Hall–Kier alpha value is -3.75. The zero-order valence-electron chi connectivity index (χ0n) is 15.3. The molecule has 5 N–H and O–H groups in total. The lowest BCUT2D eigenvalue weighted by molar-refractivity contribution is 0.0696. The van der Waals surface area contributed by atoms with Gasteiger partial charge in [0.1, 0.15) is 11.4 Å². The highest BCUT2D eigenvalue weighted by atomic mass is 16.4. The number of nitrogens with one attached hydrogen (secondary N) is 2. The number of aromatic amines is 1. The molecule has 2 heterocycles. The Balaban J connectivity index is 0.00000240. The summed E-state index contributed by atoms with van der Waals surface area (Å²) in [5.74, 6) is -1.24. The van der Waals surface area contributed by atoms with Gasteiger partial charge in [-0.2, -0.15) is 5.10 Å². The van der Waals surface area contributed by atoms with Crippen molar-refractivity contribution >= 4 is 23.5 Å². The van der Waals surface area contributed by atoms with Gasteiger partial charge in [-0.25, -0.2) is 14.8 Å². The smallest absolute Gasteiger partial charge is 0.335 e. The van der Waals surface area contributed by atoms with Gasteiger partial charge in [-0.15, -0.1) is 0 Å². The van der Waals surface area contributed by atoms with Gasteiger partial charge in [0.2, 0.25) is 5.95 Å². The van der Waals surface area contributed by atoms with Crippen molar-refractivity contribution in [3.05, 3.63) is 52.8 Å². The molecule has 0 saturated heterocycles. The van der Waals surface area contributed by atoms with Gasteiger partial charge in [-0.05, 0) is 41.7 Å². The number of anilines is 2. The van der Waals surface area contributed by atoms with Crippen molar-refractivity contribution in [1.82, 2.24) is 20.2 Å². The summed E-state index contributed by atoms with van der Waals surface area (Å²) in [6, 6.07) is 5.94. The molecule has 0 bridgehead atoms. The van der Waals surface area contributed by atoms with E-state index in [2.05, 4.69) is 25.5 Å². The number of aromatic carboxylic acids is 1. The number of amides is 1. The van der Waals surface area contributed by atoms with Gasteiger partial charge < -0.3 is 16.2 Å². The minimum atomic E-state index is -1.03. The van der Waals surface area contributed by atoms with Crippen LogP contribution < -0.4 is 11.1 Å². The molecule has 0 fully saturated rings. The lowest BCUT2D eigenvalue weighted by atomic mass is 9.73. The molecule has 4 rings (SSSR count). The van der Waals surface area contributed by atoms with Crippen LogP contribution in [0.3, 0.4) is 0 Å². The first-order valence-electron chi connectivity index (χ1n) is 8.61. The molecule has 0 aliphatic heterocycles. The second-order valence-corrected chi connectivity index (χ2v) is 7.32. The van der Waals surface area contributed by atoms with Crippen molar-refractivity contribution < 1.29 is 14.7 Å². The third-order valence-electron chi connectivity index (χ3n) is 4.80. The van der Waals surface area contributed by atoms with E-state index in [4.69, 9.17) is 10.8 Å². The molecule has 0 spiro atoms. The lowest BCUT2D eigenvalue weighted by Gasteiger charge is -2.30. The van der Waals surface area contributed by atoms with E-state index in [0.717, 1.165) is 11.1 Å². The lowest BCUT2D eigenvalue weighted by Crippen LogP contribution is -2.29. The normalized spacial score (nSPS) is 13.6. The summed E-state index contributed by atoms with van der Waals surface area (Å²) >= 11 is 0. The van der Waals surface area contributed by atoms with Crippen LogP contribution in [-0.2, 0) is 11.8 Å². The summed E-state index contributed by atoms with van der Waals surface area (Å²) in [5, 5.41) is 18.9. The van der Waals surface area contributed by atoms with Gasteiger partial charge in [0.05, 0.1) is 11.3 Å². The Morgan fingerprint density at radius 3 is 2.55 bits per heavy atom. The number of H-pyrrole nitrogens is 1. The number of aromatic nitrogens is 4. The quantitative estimate of drug-likeness (QED) is 0.534. The maximum Gasteiger partial charge on any atom is 0.335 e. The number of hydrogen-bond donors (Lipinski definition) is 4. The Morgan fingerprint density at radius 2 is 1.90 bits per heavy atom. The topological polar surface area (TPSA) is 147 Å². The maximum atomic E-state index is 12.9. The molecule has 0 saturated carbocycles. The van der Waals surface area contributed by atoms with Crippen molar-refractivity contribution in [2.45, 2.75) is 33.1 Å². The van der Waals surface area contributed by atoms with E-state index in [-0.39, 0.29) is 30.3 Å². The van der Waals surface area contributed by atoms with E-state index in [9.17, 15) is 9.59 Å². The Kier molecular flexibility index (Phi) is 4.83. The van der Waals surface area contributed by atoms with Crippen LogP contribution in [0.4, 0.5) is 11.6 Å². The molecule has 0 radical (unpaired) electrons. The van der Waals surface area contributed by atoms with Crippen molar-refractivity contribution in [1.29, 1.82) is 0 Å². The van der Waals surface area contributed by atoms with Gasteiger partial charge in [-0.1, -0.05) is 21.3 Å². The van der Waals surface area contributed by atoms with Gasteiger partial charge >= 0.3 is 5.97 Å². The van der Waals surface area contributed by atoms with Crippen molar-refractivity contribution in [2.75, 3.05) is 11.1 Å². The minimum Gasteiger partial charge on any atom is -0.478 e. The van der Waals surface area contributed by atoms with Gasteiger partial charge in [0.15, 0.2) is 0 Å². The molecule has 0 unspecified atom stereocenters. The molecule has 9 heteroatoms. The number of carbonyl (C=O) groups excluding carboxylic acids is 1. The molecule has 150 valence electrons. The molecule has 2 aromatic heterocycles. The summed E-state index contributed by atoms with van der Waals surface area (Å²) in [6.07, 6.45) is 2.34. The fourth-order valence-corrected chi connectivity index (χ4v) is 3.55. The van der Waals surface area contributed by atoms with Crippen LogP contribution >= 0.6 is 0 Å².